The molecule has 1 aromatic heterocycles. The van der Waals surface area contributed by atoms with Gasteiger partial charge < -0.3 is 0 Å². The zero-order valence-electron chi connectivity index (χ0n) is 10.1. The lowest BCUT2D eigenvalue weighted by Crippen LogP contribution is -2.37. The maximum Gasteiger partial charge on any atom is 0.236 e. The Labute approximate surface area is 102 Å². The van der Waals surface area contributed by atoms with Crippen molar-refractivity contribution in [3.8, 4) is 0 Å². The van der Waals surface area contributed by atoms with Crippen molar-refractivity contribution in [1.29, 1.82) is 0 Å². The van der Waals surface area contributed by atoms with E-state index in [1.165, 1.54) is 5.56 Å². The summed E-state index contributed by atoms with van der Waals surface area (Å²) >= 11 is 0. The van der Waals surface area contributed by atoms with Gasteiger partial charge in [-0.15, -0.1) is 0 Å². The summed E-state index contributed by atoms with van der Waals surface area (Å²) in [6, 6.07) is 4.16. The fourth-order valence-electron chi connectivity index (χ4n) is 2.55. The van der Waals surface area contributed by atoms with Crippen LogP contribution in [-0.2, 0) is 4.79 Å². The Morgan fingerprint density at radius 1 is 1.41 bits per heavy atom. The fraction of sp³-hybridized carbons (Fsp3) is 0.538. The molecule has 1 amide bonds. The van der Waals surface area contributed by atoms with Crippen molar-refractivity contribution >= 4 is 5.91 Å². The molecule has 0 saturated heterocycles. The number of rotatable bonds is 2. The third kappa shape index (κ3) is 2.82. The molecule has 0 radical (unpaired) electrons. The van der Waals surface area contributed by atoms with Gasteiger partial charge in [0.25, 0.3) is 0 Å². The number of nitrogens with one attached hydrogen (secondary N) is 1. The topological polar surface area (TPSA) is 68.0 Å². The van der Waals surface area contributed by atoms with Gasteiger partial charge in [0.05, 0.1) is 0 Å². The number of aryl methyl sites for hydroxylation is 1. The Morgan fingerprint density at radius 3 is 2.71 bits per heavy atom. The van der Waals surface area contributed by atoms with Crippen LogP contribution in [0, 0.1) is 12.8 Å². The van der Waals surface area contributed by atoms with Gasteiger partial charge in [-0.3, -0.25) is 15.2 Å². The first-order chi connectivity index (χ1) is 8.20. The van der Waals surface area contributed by atoms with E-state index in [2.05, 4.69) is 23.4 Å². The molecular formula is C13H19N3O. The summed E-state index contributed by atoms with van der Waals surface area (Å²) < 4.78 is 0. The van der Waals surface area contributed by atoms with Crippen LogP contribution in [0.3, 0.4) is 0 Å². The first kappa shape index (κ1) is 12.0. The maximum absolute atomic E-state index is 11.4. The van der Waals surface area contributed by atoms with Gasteiger partial charge in [0.2, 0.25) is 5.91 Å². The standard InChI is InChI=1S/C13H19N3O/c1-9-6-7-15-12(8-9)10-2-4-11(5-3-10)13(17)16-14/h6-8,10-11H,2-5,14H2,1H3,(H,16,17)/t10-,11-. The Bertz CT molecular complexity index is 397. The summed E-state index contributed by atoms with van der Waals surface area (Å²) in [6.45, 7) is 2.08. The minimum atomic E-state index is -0.0272. The lowest BCUT2D eigenvalue weighted by atomic mass is 9.80. The van der Waals surface area contributed by atoms with Crippen LogP contribution in [0.5, 0.6) is 0 Å². The smallest absolute Gasteiger partial charge is 0.236 e. The molecule has 1 saturated carbocycles. The number of hydrazine groups is 1. The second-order valence-corrected chi connectivity index (χ2v) is 4.82. The fourth-order valence-corrected chi connectivity index (χ4v) is 2.55. The van der Waals surface area contributed by atoms with Gasteiger partial charge in [0.15, 0.2) is 0 Å². The quantitative estimate of drug-likeness (QED) is 0.463. The summed E-state index contributed by atoms with van der Waals surface area (Å²) in [7, 11) is 0. The molecule has 0 spiro atoms. The lowest BCUT2D eigenvalue weighted by Gasteiger charge is -2.27. The number of pyridine rings is 1. The van der Waals surface area contributed by atoms with E-state index in [9.17, 15) is 4.79 Å². The zero-order chi connectivity index (χ0) is 12.3. The highest BCUT2D eigenvalue weighted by molar-refractivity contribution is 5.78. The maximum atomic E-state index is 11.4. The van der Waals surface area contributed by atoms with E-state index in [4.69, 9.17) is 5.84 Å². The van der Waals surface area contributed by atoms with Crippen LogP contribution in [-0.4, -0.2) is 10.9 Å². The van der Waals surface area contributed by atoms with E-state index in [-0.39, 0.29) is 11.8 Å². The lowest BCUT2D eigenvalue weighted by molar-refractivity contribution is -0.126. The molecule has 1 fully saturated rings. The molecule has 1 aliphatic carbocycles. The molecule has 1 aromatic rings. The molecule has 0 atom stereocenters. The number of hydrogen-bond donors (Lipinski definition) is 2. The number of carbonyl (C=O) groups excluding carboxylic acids is 1. The Balaban J connectivity index is 1.97. The van der Waals surface area contributed by atoms with Crippen LogP contribution < -0.4 is 11.3 Å². The molecule has 0 aliphatic heterocycles. The van der Waals surface area contributed by atoms with E-state index in [1.807, 2.05) is 12.3 Å². The predicted molar refractivity (Wildman–Crippen MR) is 66.0 cm³/mol. The normalized spacial score (nSPS) is 24.4. The van der Waals surface area contributed by atoms with Crippen molar-refractivity contribution < 1.29 is 4.79 Å². The number of nitrogens with zero attached hydrogens (tertiary/aromatic N) is 1. The SMILES string of the molecule is Cc1ccnc([C@H]2CC[C@H](C(=O)NN)CC2)c1. The van der Waals surface area contributed by atoms with Crippen molar-refractivity contribution in [3.05, 3.63) is 29.6 Å². The molecule has 3 N–H and O–H groups in total. The minimum Gasteiger partial charge on any atom is -0.294 e. The van der Waals surface area contributed by atoms with Crippen LogP contribution in [0.2, 0.25) is 0 Å². The van der Waals surface area contributed by atoms with Crippen LogP contribution in [0.25, 0.3) is 0 Å². The largest absolute Gasteiger partial charge is 0.294 e. The highest BCUT2D eigenvalue weighted by Crippen LogP contribution is 2.34. The van der Waals surface area contributed by atoms with Crippen LogP contribution >= 0.6 is 0 Å². The molecule has 0 aromatic carbocycles. The molecule has 17 heavy (non-hydrogen) atoms. The summed E-state index contributed by atoms with van der Waals surface area (Å²) in [5, 5.41) is 0. The number of amides is 1. The highest BCUT2D eigenvalue weighted by Gasteiger charge is 2.27. The zero-order valence-corrected chi connectivity index (χ0v) is 10.1. The summed E-state index contributed by atoms with van der Waals surface area (Å²) in [5.74, 6) is 5.71. The van der Waals surface area contributed by atoms with E-state index in [0.717, 1.165) is 31.4 Å². The molecule has 1 heterocycles. The minimum absolute atomic E-state index is 0.0272. The Kier molecular flexibility index (Phi) is 3.74. The van der Waals surface area contributed by atoms with Crippen molar-refractivity contribution in [3.63, 3.8) is 0 Å². The average Bonchev–Trinajstić information content (AvgIpc) is 2.38. The highest BCUT2D eigenvalue weighted by atomic mass is 16.2. The number of carbonyl (C=O) groups is 1. The first-order valence-corrected chi connectivity index (χ1v) is 6.13. The molecule has 1 aliphatic rings. The van der Waals surface area contributed by atoms with Gasteiger partial charge in [-0.05, 0) is 50.3 Å². The van der Waals surface area contributed by atoms with Gasteiger partial charge in [-0.2, -0.15) is 0 Å². The van der Waals surface area contributed by atoms with Crippen molar-refractivity contribution in [2.75, 3.05) is 0 Å². The van der Waals surface area contributed by atoms with Crippen LogP contribution in [0.4, 0.5) is 0 Å². The molecule has 0 bridgehead atoms. The molecule has 92 valence electrons. The summed E-state index contributed by atoms with van der Waals surface area (Å²) in [5.41, 5.74) is 4.65. The van der Waals surface area contributed by atoms with Crippen molar-refractivity contribution in [2.45, 2.75) is 38.5 Å². The summed E-state index contributed by atoms with van der Waals surface area (Å²) in [6.07, 6.45) is 5.72. The van der Waals surface area contributed by atoms with Gasteiger partial charge in [-0.1, -0.05) is 0 Å². The first-order valence-electron chi connectivity index (χ1n) is 6.13. The van der Waals surface area contributed by atoms with Crippen molar-refractivity contribution in [1.82, 2.24) is 10.4 Å². The third-order valence-electron chi connectivity index (χ3n) is 3.60. The van der Waals surface area contributed by atoms with Crippen LogP contribution in [0.15, 0.2) is 18.3 Å². The molecule has 4 heteroatoms. The van der Waals surface area contributed by atoms with E-state index in [1.54, 1.807) is 0 Å². The average molecular weight is 233 g/mol. The van der Waals surface area contributed by atoms with Gasteiger partial charge in [-0.25, -0.2) is 5.84 Å². The number of aromatic nitrogens is 1. The van der Waals surface area contributed by atoms with Crippen LogP contribution in [0.1, 0.15) is 42.9 Å². The molecule has 4 nitrogen and oxygen atoms in total. The van der Waals surface area contributed by atoms with Gasteiger partial charge in [0.1, 0.15) is 0 Å². The number of hydrogen-bond acceptors (Lipinski definition) is 3. The van der Waals surface area contributed by atoms with E-state index < -0.39 is 0 Å². The summed E-state index contributed by atoms with van der Waals surface area (Å²) in [4.78, 5) is 15.8. The van der Waals surface area contributed by atoms with Gasteiger partial charge >= 0.3 is 0 Å². The monoisotopic (exact) mass is 233 g/mol. The molecular weight excluding hydrogens is 214 g/mol. The third-order valence-corrected chi connectivity index (χ3v) is 3.60. The van der Waals surface area contributed by atoms with Gasteiger partial charge in [0, 0.05) is 23.7 Å². The predicted octanol–water partition coefficient (Wildman–Crippen LogP) is 1.65. The van der Waals surface area contributed by atoms with Crippen molar-refractivity contribution in [2.24, 2.45) is 11.8 Å². The number of nitrogens with two attached hydrogens (primary N) is 1. The molecule has 2 rings (SSSR count). The van der Waals surface area contributed by atoms with E-state index >= 15 is 0 Å². The van der Waals surface area contributed by atoms with E-state index in [0.29, 0.717) is 5.92 Å². The Morgan fingerprint density at radius 2 is 2.12 bits per heavy atom. The second-order valence-electron chi connectivity index (χ2n) is 4.82. The Hall–Kier alpha value is -1.42. The molecule has 0 unspecified atom stereocenters. The second kappa shape index (κ2) is 5.27.